The van der Waals surface area contributed by atoms with Crippen LogP contribution in [0.15, 0.2) is 0 Å². The molecule has 1 amide bonds. The summed E-state index contributed by atoms with van der Waals surface area (Å²) in [5, 5.41) is 0. The number of nitrogens with zero attached hydrogens (tertiary/aromatic N) is 2. The van der Waals surface area contributed by atoms with E-state index in [1.165, 1.54) is 4.31 Å². The van der Waals surface area contributed by atoms with Gasteiger partial charge in [0, 0.05) is 39.0 Å². The number of piperidine rings is 1. The van der Waals surface area contributed by atoms with Gasteiger partial charge < -0.3 is 4.90 Å². The molecule has 0 aromatic heterocycles. The van der Waals surface area contributed by atoms with E-state index in [4.69, 9.17) is 11.6 Å². The molecule has 1 aliphatic rings. The van der Waals surface area contributed by atoms with Crippen molar-refractivity contribution in [2.24, 2.45) is 5.92 Å². The molecule has 0 aromatic rings. The fourth-order valence-corrected chi connectivity index (χ4v) is 3.94. The van der Waals surface area contributed by atoms with Crippen LogP contribution in [-0.4, -0.2) is 62.3 Å². The van der Waals surface area contributed by atoms with Gasteiger partial charge in [-0.25, -0.2) is 12.7 Å². The lowest BCUT2D eigenvalue weighted by atomic mass is 9.97. The molecule has 0 unspecified atom stereocenters. The molecule has 106 valence electrons. The average molecular weight is 297 g/mol. The highest BCUT2D eigenvalue weighted by Crippen LogP contribution is 2.21. The monoisotopic (exact) mass is 296 g/mol. The third-order valence-corrected chi connectivity index (χ3v) is 5.40. The quantitative estimate of drug-likeness (QED) is 0.703. The van der Waals surface area contributed by atoms with Crippen LogP contribution in [0.25, 0.3) is 0 Å². The summed E-state index contributed by atoms with van der Waals surface area (Å²) in [5.41, 5.74) is 0. The second-order valence-corrected chi connectivity index (χ2v) is 7.23. The molecular formula is C11H21ClN2O3S. The summed E-state index contributed by atoms with van der Waals surface area (Å²) in [6.45, 7) is 0.879. The summed E-state index contributed by atoms with van der Waals surface area (Å²) in [4.78, 5) is 13.3. The van der Waals surface area contributed by atoms with Gasteiger partial charge in [-0.1, -0.05) is 0 Å². The number of alkyl halides is 1. The molecule has 0 spiro atoms. The highest BCUT2D eigenvalue weighted by Gasteiger charge is 2.31. The summed E-state index contributed by atoms with van der Waals surface area (Å²) < 4.78 is 25.3. The van der Waals surface area contributed by atoms with E-state index in [-0.39, 0.29) is 17.6 Å². The predicted octanol–water partition coefficient (Wildman–Crippen LogP) is 0.745. The van der Waals surface area contributed by atoms with Gasteiger partial charge in [-0.05, 0) is 19.3 Å². The van der Waals surface area contributed by atoms with E-state index >= 15 is 0 Å². The van der Waals surface area contributed by atoms with Gasteiger partial charge in [0.25, 0.3) is 0 Å². The van der Waals surface area contributed by atoms with Gasteiger partial charge in [0.1, 0.15) is 0 Å². The van der Waals surface area contributed by atoms with Crippen LogP contribution >= 0.6 is 11.6 Å². The number of carbonyl (C=O) groups excluding carboxylic acids is 1. The van der Waals surface area contributed by atoms with Crippen LogP contribution in [0.5, 0.6) is 0 Å². The van der Waals surface area contributed by atoms with Crippen LogP contribution in [0.3, 0.4) is 0 Å². The largest absolute Gasteiger partial charge is 0.349 e. The summed E-state index contributed by atoms with van der Waals surface area (Å²) in [6, 6.07) is 0. The van der Waals surface area contributed by atoms with E-state index in [0.717, 1.165) is 0 Å². The highest BCUT2D eigenvalue weighted by atomic mass is 35.5. The van der Waals surface area contributed by atoms with E-state index in [0.29, 0.717) is 38.2 Å². The van der Waals surface area contributed by atoms with Crippen molar-refractivity contribution in [3.05, 3.63) is 0 Å². The number of hydrogen-bond acceptors (Lipinski definition) is 3. The zero-order chi connectivity index (χ0) is 13.8. The van der Waals surface area contributed by atoms with E-state index in [1.807, 2.05) is 0 Å². The summed E-state index contributed by atoms with van der Waals surface area (Å²) in [6.07, 6.45) is 1.69. The maximum Gasteiger partial charge on any atom is 0.225 e. The SMILES string of the molecule is CN(C)C(=O)C1CCN(S(=O)(=O)CCCCl)CC1. The molecule has 0 atom stereocenters. The number of carbonyl (C=O) groups is 1. The predicted molar refractivity (Wildman–Crippen MR) is 72.1 cm³/mol. The number of hydrogen-bond donors (Lipinski definition) is 0. The van der Waals surface area contributed by atoms with Crippen molar-refractivity contribution in [1.82, 2.24) is 9.21 Å². The maximum atomic E-state index is 11.9. The average Bonchev–Trinajstić information content (AvgIpc) is 2.35. The van der Waals surface area contributed by atoms with Crippen LogP contribution in [0.1, 0.15) is 19.3 Å². The minimum atomic E-state index is -3.19. The van der Waals surface area contributed by atoms with E-state index in [1.54, 1.807) is 19.0 Å². The number of halogens is 1. The molecule has 0 saturated carbocycles. The van der Waals surface area contributed by atoms with E-state index in [9.17, 15) is 13.2 Å². The van der Waals surface area contributed by atoms with Gasteiger partial charge in [-0.2, -0.15) is 0 Å². The molecule has 1 fully saturated rings. The Morgan fingerprint density at radius 3 is 2.33 bits per heavy atom. The molecule has 0 aliphatic carbocycles. The molecule has 1 heterocycles. The zero-order valence-electron chi connectivity index (χ0n) is 10.9. The summed E-state index contributed by atoms with van der Waals surface area (Å²) >= 11 is 5.51. The molecule has 0 radical (unpaired) electrons. The van der Waals surface area contributed by atoms with Crippen molar-refractivity contribution in [2.75, 3.05) is 38.8 Å². The van der Waals surface area contributed by atoms with Crippen molar-refractivity contribution in [2.45, 2.75) is 19.3 Å². The first-order valence-electron chi connectivity index (χ1n) is 6.13. The van der Waals surface area contributed by atoms with Crippen LogP contribution in [0.4, 0.5) is 0 Å². The molecule has 1 aliphatic heterocycles. The molecule has 1 rings (SSSR count). The molecule has 1 saturated heterocycles. The first kappa shape index (κ1) is 15.7. The third-order valence-electron chi connectivity index (χ3n) is 3.17. The first-order chi connectivity index (χ1) is 8.38. The van der Waals surface area contributed by atoms with Gasteiger partial charge in [0.2, 0.25) is 15.9 Å². The van der Waals surface area contributed by atoms with Crippen molar-refractivity contribution < 1.29 is 13.2 Å². The molecule has 18 heavy (non-hydrogen) atoms. The zero-order valence-corrected chi connectivity index (χ0v) is 12.5. The van der Waals surface area contributed by atoms with Crippen LogP contribution in [0, 0.1) is 5.92 Å². The highest BCUT2D eigenvalue weighted by molar-refractivity contribution is 7.89. The second-order valence-electron chi connectivity index (χ2n) is 4.76. The van der Waals surface area contributed by atoms with Crippen molar-refractivity contribution in [3.63, 3.8) is 0 Å². The normalized spacial score (nSPS) is 18.8. The number of rotatable bonds is 5. The molecule has 0 N–H and O–H groups in total. The topological polar surface area (TPSA) is 57.7 Å². The minimum absolute atomic E-state index is 0.0422. The second kappa shape index (κ2) is 6.73. The fraction of sp³-hybridized carbons (Fsp3) is 0.909. The van der Waals surface area contributed by atoms with E-state index in [2.05, 4.69) is 0 Å². The number of sulfonamides is 1. The summed E-state index contributed by atoms with van der Waals surface area (Å²) in [7, 11) is 0.265. The van der Waals surface area contributed by atoms with Crippen LogP contribution in [0.2, 0.25) is 0 Å². The molecule has 7 heteroatoms. The lowest BCUT2D eigenvalue weighted by Gasteiger charge is -2.31. The molecular weight excluding hydrogens is 276 g/mol. The van der Waals surface area contributed by atoms with Gasteiger partial charge in [-0.15, -0.1) is 11.6 Å². The fourth-order valence-electron chi connectivity index (χ4n) is 2.11. The minimum Gasteiger partial charge on any atom is -0.349 e. The Morgan fingerprint density at radius 2 is 1.89 bits per heavy atom. The van der Waals surface area contributed by atoms with Crippen molar-refractivity contribution in [1.29, 1.82) is 0 Å². The Kier molecular flexibility index (Phi) is 5.88. The number of amides is 1. The molecule has 0 aromatic carbocycles. The Bertz CT molecular complexity index is 376. The smallest absolute Gasteiger partial charge is 0.225 e. The van der Waals surface area contributed by atoms with Gasteiger partial charge in [0.05, 0.1) is 5.75 Å². The van der Waals surface area contributed by atoms with Crippen molar-refractivity contribution >= 4 is 27.5 Å². The molecule has 0 bridgehead atoms. The van der Waals surface area contributed by atoms with Crippen molar-refractivity contribution in [3.8, 4) is 0 Å². The Labute approximate surface area is 114 Å². The van der Waals surface area contributed by atoms with Gasteiger partial charge >= 0.3 is 0 Å². The van der Waals surface area contributed by atoms with Gasteiger partial charge in [-0.3, -0.25) is 4.79 Å². The molecule has 5 nitrogen and oxygen atoms in total. The standard InChI is InChI=1S/C11H21ClN2O3S/c1-13(2)11(15)10-4-7-14(8-5-10)18(16,17)9-3-6-12/h10H,3-9H2,1-2H3. The van der Waals surface area contributed by atoms with Crippen LogP contribution in [-0.2, 0) is 14.8 Å². The maximum absolute atomic E-state index is 11.9. The first-order valence-corrected chi connectivity index (χ1v) is 8.28. The van der Waals surface area contributed by atoms with Crippen LogP contribution < -0.4 is 0 Å². The van der Waals surface area contributed by atoms with E-state index < -0.39 is 10.0 Å². The Balaban J connectivity index is 2.51. The van der Waals surface area contributed by atoms with Gasteiger partial charge in [0.15, 0.2) is 0 Å². The third kappa shape index (κ3) is 4.10. The summed E-state index contributed by atoms with van der Waals surface area (Å²) in [5.74, 6) is 0.504. The Hall–Kier alpha value is -0.330. The lowest BCUT2D eigenvalue weighted by Crippen LogP contribution is -2.43. The Morgan fingerprint density at radius 1 is 1.33 bits per heavy atom. The lowest BCUT2D eigenvalue weighted by molar-refractivity contribution is -0.134.